The summed E-state index contributed by atoms with van der Waals surface area (Å²) in [5.41, 5.74) is -0.393. The van der Waals surface area contributed by atoms with Crippen molar-refractivity contribution in [3.8, 4) is 5.75 Å². The van der Waals surface area contributed by atoms with Crippen molar-refractivity contribution < 1.29 is 19.8 Å². The normalized spacial score (nSPS) is 35.3. The molecule has 1 amide bonds. The van der Waals surface area contributed by atoms with E-state index in [1.54, 1.807) is 24.3 Å². The van der Waals surface area contributed by atoms with E-state index >= 15 is 0 Å². The first kappa shape index (κ1) is 17.4. The Morgan fingerprint density at radius 2 is 1.65 bits per heavy atom. The minimum atomic E-state index is -0.702. The van der Waals surface area contributed by atoms with Gasteiger partial charge in [0.15, 0.2) is 0 Å². The first-order valence-corrected chi connectivity index (χ1v) is 9.55. The van der Waals surface area contributed by atoms with Crippen LogP contribution in [0.1, 0.15) is 51.5 Å². The lowest BCUT2D eigenvalue weighted by Gasteiger charge is -2.58. The number of nitrogens with one attached hydrogen (secondary N) is 1. The fraction of sp³-hybridized carbons (Fsp3) is 0.619. The van der Waals surface area contributed by atoms with Crippen molar-refractivity contribution in [1.29, 1.82) is 0 Å². The van der Waals surface area contributed by atoms with Gasteiger partial charge in [-0.1, -0.05) is 12.1 Å². The predicted molar refractivity (Wildman–Crippen MR) is 96.7 cm³/mol. The lowest BCUT2D eigenvalue weighted by Crippen LogP contribution is -2.62. The molecule has 4 bridgehead atoms. The average molecular weight is 357 g/mol. The first-order valence-electron chi connectivity index (χ1n) is 9.55. The molecule has 0 aromatic heterocycles. The van der Waals surface area contributed by atoms with Gasteiger partial charge < -0.3 is 15.5 Å². The van der Waals surface area contributed by atoms with E-state index in [2.05, 4.69) is 5.32 Å². The van der Waals surface area contributed by atoms with Crippen LogP contribution in [0.25, 0.3) is 0 Å². The van der Waals surface area contributed by atoms with Crippen molar-refractivity contribution in [3.63, 3.8) is 0 Å². The summed E-state index contributed by atoms with van der Waals surface area (Å²) in [4.78, 5) is 24.9. The van der Waals surface area contributed by atoms with Gasteiger partial charge in [-0.3, -0.25) is 9.59 Å². The number of rotatable bonds is 4. The van der Waals surface area contributed by atoms with Crippen LogP contribution in [0, 0.1) is 23.2 Å². The van der Waals surface area contributed by atoms with Gasteiger partial charge in [0.05, 0.1) is 10.8 Å². The molecule has 0 heterocycles. The number of hydrogen-bond acceptors (Lipinski definition) is 3. The summed E-state index contributed by atoms with van der Waals surface area (Å²) >= 11 is 0. The molecule has 2 atom stereocenters. The van der Waals surface area contributed by atoms with E-state index in [0.29, 0.717) is 18.8 Å². The molecule has 4 aliphatic rings. The van der Waals surface area contributed by atoms with E-state index in [9.17, 15) is 19.8 Å². The summed E-state index contributed by atoms with van der Waals surface area (Å²) in [6.07, 6.45) is 4.28. The van der Waals surface area contributed by atoms with E-state index in [-0.39, 0.29) is 29.5 Å². The summed E-state index contributed by atoms with van der Waals surface area (Å²) in [5.74, 6) is 0.566. The molecule has 0 saturated heterocycles. The van der Waals surface area contributed by atoms with Gasteiger partial charge in [0.1, 0.15) is 5.75 Å². The Labute approximate surface area is 153 Å². The smallest absolute Gasteiger partial charge is 0.309 e. The molecule has 0 spiro atoms. The number of aromatic hydroxyl groups is 1. The number of carbonyl (C=O) groups excluding carboxylic acids is 1. The number of carbonyl (C=O) groups is 2. The number of benzene rings is 1. The third-order valence-corrected chi connectivity index (χ3v) is 7.18. The van der Waals surface area contributed by atoms with Gasteiger partial charge in [-0.15, -0.1) is 0 Å². The van der Waals surface area contributed by atoms with Crippen LogP contribution in [0.4, 0.5) is 0 Å². The molecule has 4 fully saturated rings. The van der Waals surface area contributed by atoms with Crippen molar-refractivity contribution in [2.24, 2.45) is 23.2 Å². The van der Waals surface area contributed by atoms with Crippen LogP contribution < -0.4 is 5.32 Å². The maximum absolute atomic E-state index is 13.1. The zero-order valence-electron chi connectivity index (χ0n) is 15.4. The van der Waals surface area contributed by atoms with E-state index in [1.807, 2.05) is 13.8 Å². The second-order valence-electron chi connectivity index (χ2n) is 9.23. The largest absolute Gasteiger partial charge is 0.508 e. The molecule has 5 nitrogen and oxygen atoms in total. The summed E-state index contributed by atoms with van der Waals surface area (Å²) in [6.45, 7) is 3.78. The number of amides is 1. The van der Waals surface area contributed by atoms with Crippen molar-refractivity contribution in [1.82, 2.24) is 5.32 Å². The standard InChI is InChI=1S/C21H27NO4/c1-20(2,15-3-5-16(23)6-4-15)18(24)22-17-13-7-12-8-14(17)11-21(9-12,10-13)19(25)26/h3-6,12-14,17,23H,7-11H2,1-2H3,(H,22,24)(H,25,26). The number of hydrogen-bond donors (Lipinski definition) is 3. The maximum atomic E-state index is 13.1. The first-order chi connectivity index (χ1) is 12.2. The second kappa shape index (κ2) is 5.73. The number of phenols is 1. The Hall–Kier alpha value is -2.04. The topological polar surface area (TPSA) is 86.6 Å². The minimum Gasteiger partial charge on any atom is -0.508 e. The number of carboxylic acids is 1. The van der Waals surface area contributed by atoms with Crippen molar-refractivity contribution in [3.05, 3.63) is 29.8 Å². The summed E-state index contributed by atoms with van der Waals surface area (Å²) in [7, 11) is 0. The molecule has 0 aliphatic heterocycles. The van der Waals surface area contributed by atoms with Gasteiger partial charge >= 0.3 is 5.97 Å². The van der Waals surface area contributed by atoms with E-state index < -0.39 is 16.8 Å². The highest BCUT2D eigenvalue weighted by atomic mass is 16.4. The highest BCUT2D eigenvalue weighted by molar-refractivity contribution is 5.87. The van der Waals surface area contributed by atoms with Crippen LogP contribution >= 0.6 is 0 Å². The third-order valence-electron chi connectivity index (χ3n) is 7.18. The molecular weight excluding hydrogens is 330 g/mol. The maximum Gasteiger partial charge on any atom is 0.309 e. The fourth-order valence-corrected chi connectivity index (χ4v) is 5.86. The lowest BCUT2D eigenvalue weighted by atomic mass is 9.48. The lowest BCUT2D eigenvalue weighted by molar-refractivity contribution is -0.168. The molecule has 3 N–H and O–H groups in total. The van der Waals surface area contributed by atoms with Gasteiger partial charge in [0.25, 0.3) is 0 Å². The number of aliphatic carboxylic acids is 1. The molecule has 26 heavy (non-hydrogen) atoms. The van der Waals surface area contributed by atoms with Crippen LogP contribution in [0.2, 0.25) is 0 Å². The number of carboxylic acid groups (broad SMARTS) is 1. The molecule has 4 aliphatic carbocycles. The predicted octanol–water partition coefficient (Wildman–Crippen LogP) is 3.07. The Morgan fingerprint density at radius 3 is 2.19 bits per heavy atom. The Bertz CT molecular complexity index is 723. The molecule has 4 saturated carbocycles. The summed E-state index contributed by atoms with van der Waals surface area (Å²) in [5, 5.41) is 22.5. The van der Waals surface area contributed by atoms with E-state index in [4.69, 9.17) is 0 Å². The van der Waals surface area contributed by atoms with Gasteiger partial charge in [0.2, 0.25) is 5.91 Å². The Kier molecular flexibility index (Phi) is 3.83. The monoisotopic (exact) mass is 357 g/mol. The summed E-state index contributed by atoms with van der Waals surface area (Å²) < 4.78 is 0. The van der Waals surface area contributed by atoms with Gasteiger partial charge in [0, 0.05) is 6.04 Å². The molecule has 0 radical (unpaired) electrons. The van der Waals surface area contributed by atoms with Crippen LogP contribution in [0.15, 0.2) is 24.3 Å². The minimum absolute atomic E-state index is 0.0231. The van der Waals surface area contributed by atoms with Crippen LogP contribution in [0.5, 0.6) is 5.75 Å². The van der Waals surface area contributed by atoms with Crippen LogP contribution in [0.3, 0.4) is 0 Å². The fourth-order valence-electron chi connectivity index (χ4n) is 5.86. The zero-order valence-corrected chi connectivity index (χ0v) is 15.4. The number of phenolic OH excluding ortho intramolecular Hbond substituents is 1. The van der Waals surface area contributed by atoms with Gasteiger partial charge in [-0.2, -0.15) is 0 Å². The highest BCUT2D eigenvalue weighted by Crippen LogP contribution is 2.60. The van der Waals surface area contributed by atoms with Gasteiger partial charge in [-0.05, 0) is 81.4 Å². The third kappa shape index (κ3) is 2.60. The molecule has 5 heteroatoms. The van der Waals surface area contributed by atoms with Crippen LogP contribution in [-0.4, -0.2) is 28.1 Å². The molecule has 2 unspecified atom stereocenters. The molecular formula is C21H27NO4. The van der Waals surface area contributed by atoms with Crippen LogP contribution in [-0.2, 0) is 15.0 Å². The second-order valence-corrected chi connectivity index (χ2v) is 9.23. The Morgan fingerprint density at radius 1 is 1.08 bits per heavy atom. The molecule has 5 rings (SSSR count). The van der Waals surface area contributed by atoms with Crippen molar-refractivity contribution >= 4 is 11.9 Å². The van der Waals surface area contributed by atoms with Crippen molar-refractivity contribution in [2.45, 2.75) is 57.4 Å². The highest BCUT2D eigenvalue weighted by Gasteiger charge is 2.59. The summed E-state index contributed by atoms with van der Waals surface area (Å²) in [6, 6.07) is 6.85. The van der Waals surface area contributed by atoms with E-state index in [1.165, 1.54) is 0 Å². The Balaban J connectivity index is 1.52. The zero-order chi connectivity index (χ0) is 18.7. The van der Waals surface area contributed by atoms with E-state index in [0.717, 1.165) is 24.8 Å². The molecule has 1 aromatic rings. The average Bonchev–Trinajstić information content (AvgIpc) is 2.57. The quantitative estimate of drug-likeness (QED) is 0.773. The molecule has 1 aromatic carbocycles. The van der Waals surface area contributed by atoms with Gasteiger partial charge in [-0.25, -0.2) is 0 Å². The SMILES string of the molecule is CC(C)(C(=O)NC1C2CC3CC1CC(C(=O)O)(C3)C2)c1ccc(O)cc1. The van der Waals surface area contributed by atoms with Crippen molar-refractivity contribution in [2.75, 3.05) is 0 Å². The molecule has 140 valence electrons.